The molecule has 0 saturated carbocycles. The number of nitrogens with one attached hydrogen (secondary N) is 2. The summed E-state index contributed by atoms with van der Waals surface area (Å²) in [4.78, 5) is 35.4. The van der Waals surface area contributed by atoms with Gasteiger partial charge in [0.05, 0.1) is 5.69 Å². The summed E-state index contributed by atoms with van der Waals surface area (Å²) in [6.45, 7) is 1.06. The van der Waals surface area contributed by atoms with E-state index in [9.17, 15) is 18.4 Å². The molecule has 0 atom stereocenters. The average Bonchev–Trinajstić information content (AvgIpc) is 2.73. The largest absolute Gasteiger partial charge is 0.352 e. The summed E-state index contributed by atoms with van der Waals surface area (Å²) in [5.41, 5.74) is 0.837. The highest BCUT2D eigenvalue weighted by atomic mass is 19.1. The molecule has 0 unspecified atom stereocenters. The van der Waals surface area contributed by atoms with Gasteiger partial charge in [0.15, 0.2) is 11.5 Å². The zero-order valence-corrected chi connectivity index (χ0v) is 16.2. The molecule has 1 saturated heterocycles. The Morgan fingerprint density at radius 2 is 1.97 bits per heavy atom. The molecule has 1 aliphatic rings. The van der Waals surface area contributed by atoms with Crippen LogP contribution in [0.15, 0.2) is 41.3 Å². The first kappa shape index (κ1) is 19.7. The Morgan fingerprint density at radius 1 is 1.20 bits per heavy atom. The molecular formula is C20H20F2N6O2. The molecule has 10 heteroatoms. The zero-order valence-electron chi connectivity index (χ0n) is 16.2. The van der Waals surface area contributed by atoms with Gasteiger partial charge in [-0.05, 0) is 37.1 Å². The van der Waals surface area contributed by atoms with Gasteiger partial charge in [-0.1, -0.05) is 0 Å². The summed E-state index contributed by atoms with van der Waals surface area (Å²) in [7, 11) is 1.66. The molecule has 1 fully saturated rings. The molecule has 4 rings (SSSR count). The lowest BCUT2D eigenvalue weighted by atomic mass is 10.1. The molecule has 0 bridgehead atoms. The van der Waals surface area contributed by atoms with Crippen LogP contribution in [0.5, 0.6) is 0 Å². The monoisotopic (exact) mass is 414 g/mol. The predicted molar refractivity (Wildman–Crippen MR) is 109 cm³/mol. The summed E-state index contributed by atoms with van der Waals surface area (Å²) in [6.07, 6.45) is 2.80. The molecule has 0 radical (unpaired) electrons. The maximum atomic E-state index is 13.7. The third kappa shape index (κ3) is 3.93. The lowest BCUT2D eigenvalue weighted by molar-refractivity contribution is 0.246. The van der Waals surface area contributed by atoms with E-state index in [1.807, 2.05) is 4.90 Å². The van der Waals surface area contributed by atoms with Gasteiger partial charge >= 0.3 is 6.03 Å². The van der Waals surface area contributed by atoms with Crippen LogP contribution in [0, 0.1) is 11.6 Å². The van der Waals surface area contributed by atoms with Gasteiger partial charge in [0.2, 0.25) is 0 Å². The summed E-state index contributed by atoms with van der Waals surface area (Å²) < 4.78 is 28.1. The van der Waals surface area contributed by atoms with E-state index >= 15 is 0 Å². The Morgan fingerprint density at radius 3 is 2.70 bits per heavy atom. The standard InChI is InChI=1S/C20H20F2N6O2/c1-27-17-16(3-2-8-23-17)25-18(19(27)29)28-9-6-13(7-10-28)24-20(30)26-15-5-4-12(21)11-14(15)22/h2-5,8,11,13H,6-7,9-10H2,1H3,(H2,24,26,30). The minimum atomic E-state index is -0.840. The molecule has 0 aliphatic carbocycles. The number of piperidine rings is 1. The number of pyridine rings is 1. The van der Waals surface area contributed by atoms with E-state index in [1.165, 1.54) is 10.6 Å². The number of rotatable bonds is 3. The number of benzene rings is 1. The second kappa shape index (κ2) is 8.05. The van der Waals surface area contributed by atoms with Crippen LogP contribution in [0.4, 0.5) is 25.1 Å². The quantitative estimate of drug-likeness (QED) is 0.687. The fourth-order valence-corrected chi connectivity index (χ4v) is 3.52. The Balaban J connectivity index is 1.39. The molecule has 1 aromatic carbocycles. The topological polar surface area (TPSA) is 92.2 Å². The number of fused-ring (bicyclic) bond motifs is 1. The SMILES string of the molecule is Cn1c(=O)c(N2CCC(NC(=O)Nc3ccc(F)cc3F)CC2)nc2cccnc21. The van der Waals surface area contributed by atoms with Gasteiger partial charge in [0.1, 0.15) is 17.2 Å². The van der Waals surface area contributed by atoms with E-state index in [0.717, 1.165) is 6.07 Å². The van der Waals surface area contributed by atoms with Gasteiger partial charge < -0.3 is 15.5 Å². The van der Waals surface area contributed by atoms with Crippen LogP contribution in [0.25, 0.3) is 11.2 Å². The summed E-state index contributed by atoms with van der Waals surface area (Å²) in [5.74, 6) is -1.20. The van der Waals surface area contributed by atoms with Gasteiger partial charge in [-0.2, -0.15) is 0 Å². The van der Waals surface area contributed by atoms with Gasteiger partial charge in [-0.25, -0.2) is 23.5 Å². The van der Waals surface area contributed by atoms with Crippen LogP contribution < -0.4 is 21.1 Å². The van der Waals surface area contributed by atoms with E-state index < -0.39 is 17.7 Å². The summed E-state index contributed by atoms with van der Waals surface area (Å²) in [6, 6.07) is 5.81. The van der Waals surface area contributed by atoms with Gasteiger partial charge in [-0.3, -0.25) is 9.36 Å². The molecule has 0 spiro atoms. The third-order valence-corrected chi connectivity index (χ3v) is 5.12. The van der Waals surface area contributed by atoms with Crippen LogP contribution in [0.1, 0.15) is 12.8 Å². The normalized spacial score (nSPS) is 14.7. The maximum Gasteiger partial charge on any atom is 0.319 e. The number of halogens is 2. The zero-order chi connectivity index (χ0) is 21.3. The smallest absolute Gasteiger partial charge is 0.319 e. The van der Waals surface area contributed by atoms with Crippen LogP contribution in [-0.2, 0) is 7.05 Å². The van der Waals surface area contributed by atoms with Crippen molar-refractivity contribution in [1.29, 1.82) is 0 Å². The Labute approximate surface area is 170 Å². The minimum Gasteiger partial charge on any atom is -0.352 e. The third-order valence-electron chi connectivity index (χ3n) is 5.12. The van der Waals surface area contributed by atoms with E-state index in [0.29, 0.717) is 49.0 Å². The van der Waals surface area contributed by atoms with E-state index in [4.69, 9.17) is 0 Å². The summed E-state index contributed by atoms with van der Waals surface area (Å²) >= 11 is 0. The van der Waals surface area contributed by atoms with Crippen molar-refractivity contribution in [2.45, 2.75) is 18.9 Å². The Hall–Kier alpha value is -3.56. The fraction of sp³-hybridized carbons (Fsp3) is 0.300. The number of aryl methyl sites for hydroxylation is 1. The fourth-order valence-electron chi connectivity index (χ4n) is 3.52. The highest BCUT2D eigenvalue weighted by Crippen LogP contribution is 2.18. The van der Waals surface area contributed by atoms with Crippen molar-refractivity contribution < 1.29 is 13.6 Å². The molecule has 2 amide bonds. The lowest BCUT2D eigenvalue weighted by Gasteiger charge is -2.32. The number of anilines is 2. The van der Waals surface area contributed by atoms with Crippen LogP contribution >= 0.6 is 0 Å². The number of hydrogen-bond acceptors (Lipinski definition) is 5. The Kier molecular flexibility index (Phi) is 5.30. The van der Waals surface area contributed by atoms with Crippen molar-refractivity contribution in [3.05, 3.63) is 58.5 Å². The molecule has 1 aliphatic heterocycles. The number of urea groups is 1. The molecule has 8 nitrogen and oxygen atoms in total. The van der Waals surface area contributed by atoms with Crippen molar-refractivity contribution in [2.75, 3.05) is 23.3 Å². The van der Waals surface area contributed by atoms with Gasteiger partial charge in [0.25, 0.3) is 5.56 Å². The molecule has 3 aromatic rings. The average molecular weight is 414 g/mol. The van der Waals surface area contributed by atoms with Crippen LogP contribution in [0.3, 0.4) is 0 Å². The predicted octanol–water partition coefficient (Wildman–Crippen LogP) is 2.40. The van der Waals surface area contributed by atoms with Crippen molar-refractivity contribution in [2.24, 2.45) is 7.05 Å². The van der Waals surface area contributed by atoms with Crippen molar-refractivity contribution >= 4 is 28.7 Å². The first-order valence-electron chi connectivity index (χ1n) is 9.51. The van der Waals surface area contributed by atoms with Gasteiger partial charge in [-0.15, -0.1) is 0 Å². The lowest BCUT2D eigenvalue weighted by Crippen LogP contribution is -2.47. The first-order valence-corrected chi connectivity index (χ1v) is 9.51. The molecule has 3 heterocycles. The Bertz CT molecular complexity index is 1160. The molecule has 2 aromatic heterocycles. The highest BCUT2D eigenvalue weighted by molar-refractivity contribution is 5.89. The van der Waals surface area contributed by atoms with E-state index in [-0.39, 0.29) is 17.3 Å². The molecule has 30 heavy (non-hydrogen) atoms. The molecule has 2 N–H and O–H groups in total. The number of hydrogen-bond donors (Lipinski definition) is 2. The van der Waals surface area contributed by atoms with Gasteiger partial charge in [0, 0.05) is 38.4 Å². The number of aromatic nitrogens is 3. The number of carbonyl (C=O) groups is 1. The van der Waals surface area contributed by atoms with E-state index in [2.05, 4.69) is 20.6 Å². The number of amides is 2. The maximum absolute atomic E-state index is 13.7. The molecular weight excluding hydrogens is 394 g/mol. The summed E-state index contributed by atoms with van der Waals surface area (Å²) in [5, 5.41) is 5.17. The van der Waals surface area contributed by atoms with E-state index in [1.54, 1.807) is 25.4 Å². The minimum absolute atomic E-state index is 0.0937. The van der Waals surface area contributed by atoms with Crippen molar-refractivity contribution in [3.8, 4) is 0 Å². The number of carbonyl (C=O) groups excluding carboxylic acids is 1. The second-order valence-electron chi connectivity index (χ2n) is 7.13. The first-order chi connectivity index (χ1) is 14.4. The second-order valence-corrected chi connectivity index (χ2v) is 7.13. The molecule has 156 valence electrons. The van der Waals surface area contributed by atoms with Crippen molar-refractivity contribution in [1.82, 2.24) is 19.9 Å². The van der Waals surface area contributed by atoms with Crippen molar-refractivity contribution in [3.63, 3.8) is 0 Å². The highest BCUT2D eigenvalue weighted by Gasteiger charge is 2.24. The number of nitrogens with zero attached hydrogens (tertiary/aromatic N) is 4. The van der Waals surface area contributed by atoms with Crippen LogP contribution in [0.2, 0.25) is 0 Å². The van der Waals surface area contributed by atoms with Crippen LogP contribution in [-0.4, -0.2) is 39.7 Å².